The summed E-state index contributed by atoms with van der Waals surface area (Å²) in [5, 5.41) is 3.08. The molecule has 1 aromatic rings. The average Bonchev–Trinajstić information content (AvgIpc) is 2.63. The zero-order chi connectivity index (χ0) is 19.9. The first-order valence-corrected chi connectivity index (χ1v) is 8.56. The number of carbonyl (C=O) groups excluding carboxylic acids is 2. The second-order valence-corrected chi connectivity index (χ2v) is 5.53. The van der Waals surface area contributed by atoms with E-state index in [9.17, 15) is 22.8 Å². The molecule has 1 N–H and O–H groups in total. The van der Waals surface area contributed by atoms with Gasteiger partial charge in [0.05, 0.1) is 18.2 Å². The zero-order valence-corrected chi connectivity index (χ0v) is 15.4. The summed E-state index contributed by atoms with van der Waals surface area (Å²) in [6.45, 7) is 6.73. The summed E-state index contributed by atoms with van der Waals surface area (Å²) in [7, 11) is 1.17. The Morgan fingerprint density at radius 1 is 1.35 bits per heavy atom. The van der Waals surface area contributed by atoms with Crippen molar-refractivity contribution in [2.75, 3.05) is 33.3 Å². The van der Waals surface area contributed by atoms with E-state index in [-0.39, 0.29) is 24.6 Å². The molecule has 0 aromatic heterocycles. The predicted molar refractivity (Wildman–Crippen MR) is 92.0 cm³/mol. The van der Waals surface area contributed by atoms with Crippen molar-refractivity contribution in [2.24, 2.45) is 0 Å². The number of carbonyl (C=O) groups is 2. The molecule has 1 unspecified atom stereocenters. The number of amides is 1. The van der Waals surface area contributed by atoms with Gasteiger partial charge in [-0.05, 0) is 18.2 Å². The maximum Gasteiger partial charge on any atom is 0.417 e. The van der Waals surface area contributed by atoms with Gasteiger partial charge in [0.15, 0.2) is 0 Å². The van der Waals surface area contributed by atoms with E-state index in [1.54, 1.807) is 6.07 Å². The normalized spacial score (nSPS) is 16.5. The van der Waals surface area contributed by atoms with Gasteiger partial charge in [0.2, 0.25) is 0 Å². The van der Waals surface area contributed by atoms with E-state index >= 15 is 0 Å². The van der Waals surface area contributed by atoms with Crippen molar-refractivity contribution in [3.05, 3.63) is 34.9 Å². The van der Waals surface area contributed by atoms with Crippen LogP contribution in [0, 0.1) is 0 Å². The molecule has 8 heteroatoms. The minimum Gasteiger partial charge on any atom is -0.468 e. The maximum atomic E-state index is 13.3. The SMILES string of the molecule is CC.CCNCC1CN(CC(=O)OC)C(=O)c2c1cccc2C(F)(F)F. The zero-order valence-electron chi connectivity index (χ0n) is 15.4. The number of hydrogen-bond donors (Lipinski definition) is 1. The number of likely N-dealkylation sites (N-methyl/N-ethyl adjacent to an activating group) is 1. The van der Waals surface area contributed by atoms with E-state index in [0.717, 1.165) is 11.0 Å². The van der Waals surface area contributed by atoms with Gasteiger partial charge in [0.1, 0.15) is 6.54 Å². The number of esters is 1. The third-order valence-electron chi connectivity index (χ3n) is 3.97. The van der Waals surface area contributed by atoms with E-state index in [4.69, 9.17) is 0 Å². The summed E-state index contributed by atoms with van der Waals surface area (Å²) >= 11 is 0. The van der Waals surface area contributed by atoms with Gasteiger partial charge >= 0.3 is 12.1 Å². The lowest BCUT2D eigenvalue weighted by Crippen LogP contribution is -2.46. The second kappa shape index (κ2) is 9.56. The molecule has 1 aromatic carbocycles. The van der Waals surface area contributed by atoms with Crippen LogP contribution in [0.5, 0.6) is 0 Å². The minimum atomic E-state index is -4.64. The van der Waals surface area contributed by atoms with E-state index < -0.39 is 23.6 Å². The molecule has 0 fully saturated rings. The van der Waals surface area contributed by atoms with Crippen molar-refractivity contribution in [3.63, 3.8) is 0 Å². The highest BCUT2D eigenvalue weighted by molar-refractivity contribution is 6.00. The maximum absolute atomic E-state index is 13.3. The number of nitrogens with one attached hydrogen (secondary N) is 1. The predicted octanol–water partition coefficient (Wildman–Crippen LogP) is 3.05. The van der Waals surface area contributed by atoms with Crippen LogP contribution in [0.2, 0.25) is 0 Å². The van der Waals surface area contributed by atoms with Gasteiger partial charge in [-0.3, -0.25) is 9.59 Å². The van der Waals surface area contributed by atoms with Crippen LogP contribution in [0.4, 0.5) is 13.2 Å². The van der Waals surface area contributed by atoms with Crippen molar-refractivity contribution in [3.8, 4) is 0 Å². The summed E-state index contributed by atoms with van der Waals surface area (Å²) in [6, 6.07) is 3.74. The molecule has 0 bridgehead atoms. The van der Waals surface area contributed by atoms with Gasteiger partial charge in [-0.25, -0.2) is 0 Å². The second-order valence-electron chi connectivity index (χ2n) is 5.53. The fourth-order valence-electron chi connectivity index (χ4n) is 2.84. The fraction of sp³-hybridized carbons (Fsp3) is 0.556. The Bertz CT molecular complexity index is 633. The lowest BCUT2D eigenvalue weighted by molar-refractivity contribution is -0.141. The van der Waals surface area contributed by atoms with Crippen LogP contribution in [-0.2, 0) is 15.7 Å². The van der Waals surface area contributed by atoms with Gasteiger partial charge in [-0.2, -0.15) is 13.2 Å². The Kier molecular flexibility index (Phi) is 8.08. The van der Waals surface area contributed by atoms with Crippen LogP contribution in [0.25, 0.3) is 0 Å². The van der Waals surface area contributed by atoms with Gasteiger partial charge in [0.25, 0.3) is 5.91 Å². The van der Waals surface area contributed by atoms with Crippen molar-refractivity contribution < 1.29 is 27.5 Å². The first kappa shape index (κ1) is 22.0. The number of benzene rings is 1. The van der Waals surface area contributed by atoms with Crippen molar-refractivity contribution in [2.45, 2.75) is 32.9 Å². The summed E-state index contributed by atoms with van der Waals surface area (Å²) in [5.74, 6) is -1.79. The molecule has 1 atom stereocenters. The van der Waals surface area contributed by atoms with E-state index in [1.807, 2.05) is 20.8 Å². The number of ether oxygens (including phenoxy) is 1. The van der Waals surface area contributed by atoms with Gasteiger partial charge in [-0.1, -0.05) is 32.9 Å². The van der Waals surface area contributed by atoms with Crippen LogP contribution < -0.4 is 5.32 Å². The number of nitrogens with zero attached hydrogens (tertiary/aromatic N) is 1. The molecule has 1 aliphatic rings. The van der Waals surface area contributed by atoms with E-state index in [0.29, 0.717) is 18.7 Å². The lowest BCUT2D eigenvalue weighted by atomic mass is 9.86. The Morgan fingerprint density at radius 2 is 2.00 bits per heavy atom. The summed E-state index contributed by atoms with van der Waals surface area (Å²) < 4.78 is 44.5. The monoisotopic (exact) mass is 374 g/mol. The fourth-order valence-corrected chi connectivity index (χ4v) is 2.84. The Labute approximate surface area is 151 Å². The molecule has 0 spiro atoms. The van der Waals surface area contributed by atoms with Crippen molar-refractivity contribution >= 4 is 11.9 Å². The molecule has 26 heavy (non-hydrogen) atoms. The molecule has 0 saturated carbocycles. The topological polar surface area (TPSA) is 58.6 Å². The standard InChI is InChI=1S/C16H19F3N2O3.C2H6/c1-3-20-7-10-8-21(9-13(22)24-2)15(23)14-11(10)5-4-6-12(14)16(17,18)19;1-2/h4-6,10,20H,3,7-9H2,1-2H3;1-2H3. The quantitative estimate of drug-likeness (QED) is 0.805. The highest BCUT2D eigenvalue weighted by atomic mass is 19.4. The Morgan fingerprint density at radius 3 is 2.54 bits per heavy atom. The molecule has 146 valence electrons. The van der Waals surface area contributed by atoms with E-state index in [2.05, 4.69) is 10.1 Å². The van der Waals surface area contributed by atoms with Crippen LogP contribution in [0.15, 0.2) is 18.2 Å². The highest BCUT2D eigenvalue weighted by Gasteiger charge is 2.41. The van der Waals surface area contributed by atoms with Gasteiger partial charge < -0.3 is 15.0 Å². The lowest BCUT2D eigenvalue weighted by Gasteiger charge is -2.35. The largest absolute Gasteiger partial charge is 0.468 e. The molecule has 2 rings (SSSR count). The van der Waals surface area contributed by atoms with Crippen LogP contribution in [0.1, 0.15) is 48.2 Å². The summed E-state index contributed by atoms with van der Waals surface area (Å²) in [5.41, 5.74) is -0.985. The molecular weight excluding hydrogens is 349 g/mol. The molecule has 0 saturated heterocycles. The molecule has 0 radical (unpaired) electrons. The van der Waals surface area contributed by atoms with Crippen LogP contribution in [0.3, 0.4) is 0 Å². The molecule has 1 amide bonds. The van der Waals surface area contributed by atoms with Crippen LogP contribution in [-0.4, -0.2) is 50.1 Å². The minimum absolute atomic E-state index is 0.162. The number of methoxy groups -OCH3 is 1. The number of alkyl halides is 3. The average molecular weight is 374 g/mol. The molecule has 0 aliphatic carbocycles. The molecular formula is C18H25F3N2O3. The first-order valence-electron chi connectivity index (χ1n) is 8.56. The van der Waals surface area contributed by atoms with E-state index in [1.165, 1.54) is 13.2 Å². The van der Waals surface area contributed by atoms with Gasteiger partial charge in [-0.15, -0.1) is 0 Å². The number of fused-ring (bicyclic) bond motifs is 1. The van der Waals surface area contributed by atoms with Crippen LogP contribution >= 0.6 is 0 Å². The smallest absolute Gasteiger partial charge is 0.417 e. The van der Waals surface area contributed by atoms with Crippen molar-refractivity contribution in [1.29, 1.82) is 0 Å². The number of rotatable bonds is 5. The van der Waals surface area contributed by atoms with Gasteiger partial charge in [0, 0.05) is 19.0 Å². The third kappa shape index (κ3) is 4.97. The molecule has 1 aliphatic heterocycles. The molecule has 1 heterocycles. The molecule has 5 nitrogen and oxygen atoms in total. The summed E-state index contributed by atoms with van der Waals surface area (Å²) in [6.07, 6.45) is -4.64. The number of halogens is 3. The number of hydrogen-bond acceptors (Lipinski definition) is 4. The first-order chi connectivity index (χ1) is 12.3. The Balaban J connectivity index is 0.00000163. The Hall–Kier alpha value is -2.09. The summed E-state index contributed by atoms with van der Waals surface area (Å²) in [4.78, 5) is 25.2. The van der Waals surface area contributed by atoms with Crippen molar-refractivity contribution in [1.82, 2.24) is 10.2 Å². The third-order valence-corrected chi connectivity index (χ3v) is 3.97. The highest BCUT2D eigenvalue weighted by Crippen LogP contribution is 2.38.